The summed E-state index contributed by atoms with van der Waals surface area (Å²) in [6, 6.07) is 6.00. The molecule has 0 N–H and O–H groups in total. The van der Waals surface area contributed by atoms with Gasteiger partial charge in [-0.05, 0) is 30.3 Å². The van der Waals surface area contributed by atoms with Crippen molar-refractivity contribution in [2.45, 2.75) is 51.9 Å². The maximum Gasteiger partial charge on any atom is 0.330 e. The molecule has 0 fully saturated rings. The highest BCUT2D eigenvalue weighted by molar-refractivity contribution is 7.96. The van der Waals surface area contributed by atoms with E-state index < -0.39 is 25.4 Å². The lowest BCUT2D eigenvalue weighted by Crippen LogP contribution is -2.42. The van der Waals surface area contributed by atoms with Crippen molar-refractivity contribution in [2.24, 2.45) is 20.0 Å². The van der Waals surface area contributed by atoms with E-state index in [1.165, 1.54) is 23.7 Å². The molecule has 0 amide bonds. The maximum absolute atomic E-state index is 14.2. The summed E-state index contributed by atoms with van der Waals surface area (Å²) in [6.07, 6.45) is 1.90. The topological polar surface area (TPSA) is 75.2 Å². The zero-order valence-corrected chi connectivity index (χ0v) is 23.3. The van der Waals surface area contributed by atoms with E-state index >= 15 is 0 Å². The van der Waals surface area contributed by atoms with Gasteiger partial charge in [0.15, 0.2) is 13.4 Å². The molecule has 35 heavy (non-hydrogen) atoms. The van der Waals surface area contributed by atoms with E-state index in [1.807, 2.05) is 4.57 Å². The van der Waals surface area contributed by atoms with Crippen molar-refractivity contribution in [3.63, 3.8) is 0 Å². The van der Waals surface area contributed by atoms with Crippen LogP contribution in [0, 0.1) is 11.7 Å². The Morgan fingerprint density at radius 1 is 1.17 bits per heavy atom. The van der Waals surface area contributed by atoms with E-state index in [2.05, 4.69) is 46.5 Å². The third kappa shape index (κ3) is 5.54. The molecule has 1 unspecified atom stereocenters. The first-order chi connectivity index (χ1) is 16.1. The summed E-state index contributed by atoms with van der Waals surface area (Å²) in [5, 5.41) is 0.0598. The fraction of sp³-hybridized carbons (Fsp3) is 0.480. The van der Waals surface area contributed by atoms with Crippen molar-refractivity contribution in [1.29, 1.82) is 0 Å². The monoisotopic (exact) mass is 519 g/mol. The fourth-order valence-corrected chi connectivity index (χ4v) is 5.27. The van der Waals surface area contributed by atoms with Gasteiger partial charge in [-0.25, -0.2) is 9.18 Å². The van der Waals surface area contributed by atoms with Crippen LogP contribution in [0.25, 0.3) is 22.2 Å². The van der Waals surface area contributed by atoms with Crippen LogP contribution in [-0.2, 0) is 29.9 Å². The van der Waals surface area contributed by atoms with Gasteiger partial charge in [-0.15, -0.1) is 12.6 Å². The van der Waals surface area contributed by atoms with E-state index in [-0.39, 0.29) is 22.5 Å². The first kappa shape index (κ1) is 27.2. The van der Waals surface area contributed by atoms with Crippen LogP contribution in [0.15, 0.2) is 40.1 Å². The summed E-state index contributed by atoms with van der Waals surface area (Å²) < 4.78 is 24.9. The minimum absolute atomic E-state index is 0.00185. The van der Waals surface area contributed by atoms with E-state index in [4.69, 9.17) is 4.43 Å². The molecule has 2 heterocycles. The van der Waals surface area contributed by atoms with Crippen LogP contribution >= 0.6 is 12.6 Å². The number of thiol groups is 1. The highest BCUT2D eigenvalue weighted by Crippen LogP contribution is 2.37. The van der Waals surface area contributed by atoms with E-state index in [0.29, 0.717) is 35.3 Å². The molecule has 2 aromatic heterocycles. The summed E-state index contributed by atoms with van der Waals surface area (Å²) in [5.41, 5.74) is 0.546. The molecule has 0 aliphatic heterocycles. The lowest BCUT2D eigenvalue weighted by molar-refractivity contribution is -0.112. The zero-order valence-electron chi connectivity index (χ0n) is 21.4. The Morgan fingerprint density at radius 3 is 2.40 bits per heavy atom. The molecule has 3 aromatic rings. The molecule has 7 nitrogen and oxygen atoms in total. The van der Waals surface area contributed by atoms with Crippen LogP contribution < -0.4 is 11.2 Å². The van der Waals surface area contributed by atoms with Gasteiger partial charge in [0.2, 0.25) is 0 Å². The fourth-order valence-electron chi connectivity index (χ4n) is 3.92. The smallest absolute Gasteiger partial charge is 0.330 e. The predicted octanol–water partition coefficient (Wildman–Crippen LogP) is 4.33. The molecular formula is C25H34FN3O4SSi. The maximum atomic E-state index is 14.2. The molecule has 0 saturated heterocycles. The Hall–Kier alpha value is -2.43. The number of halogens is 1. The lowest BCUT2D eigenvalue weighted by Gasteiger charge is -2.37. The van der Waals surface area contributed by atoms with Crippen LogP contribution in [0.2, 0.25) is 18.1 Å². The molecule has 0 aliphatic carbocycles. The van der Waals surface area contributed by atoms with Gasteiger partial charge in [-0.2, -0.15) is 0 Å². The molecule has 10 heteroatoms. The zero-order chi connectivity index (χ0) is 26.3. The van der Waals surface area contributed by atoms with Crippen LogP contribution in [0.5, 0.6) is 0 Å². The third-order valence-corrected chi connectivity index (χ3v) is 11.7. The first-order valence-corrected chi connectivity index (χ1v) is 14.9. The number of fused-ring (bicyclic) bond motifs is 1. The largest absolute Gasteiger partial charge is 0.416 e. The SMILES string of the molecule is Cn1c(=O)c2c(-c3cccc(F)c3)n(CC(CO[Si](C)(C)C(C)(C)C)CC(=O)S)cc2n(C)c1=O. The number of hydrogen-bond donors (Lipinski definition) is 1. The molecule has 3 rings (SSSR count). The summed E-state index contributed by atoms with van der Waals surface area (Å²) in [7, 11) is 0.940. The van der Waals surface area contributed by atoms with Gasteiger partial charge in [0, 0.05) is 51.3 Å². The molecule has 0 radical (unpaired) electrons. The summed E-state index contributed by atoms with van der Waals surface area (Å²) in [6.45, 7) is 11.4. The predicted molar refractivity (Wildman–Crippen MR) is 143 cm³/mol. The van der Waals surface area contributed by atoms with Crippen molar-refractivity contribution < 1.29 is 13.6 Å². The van der Waals surface area contributed by atoms with Gasteiger partial charge in [-0.1, -0.05) is 32.9 Å². The van der Waals surface area contributed by atoms with Crippen molar-refractivity contribution >= 4 is 37.0 Å². The van der Waals surface area contributed by atoms with Crippen molar-refractivity contribution in [2.75, 3.05) is 6.61 Å². The number of carbonyl (C=O) groups excluding carboxylic acids is 1. The number of benzene rings is 1. The van der Waals surface area contributed by atoms with E-state index in [9.17, 15) is 18.8 Å². The molecular weight excluding hydrogens is 485 g/mol. The molecule has 0 saturated carbocycles. The second kappa shape index (κ2) is 9.91. The normalized spacial score (nSPS) is 13.4. The van der Waals surface area contributed by atoms with Gasteiger partial charge in [0.25, 0.3) is 5.56 Å². The van der Waals surface area contributed by atoms with Crippen LogP contribution in [0.1, 0.15) is 27.2 Å². The Balaban J connectivity index is 2.17. The molecule has 0 bridgehead atoms. The van der Waals surface area contributed by atoms with Crippen LogP contribution in [-0.4, -0.2) is 33.7 Å². The molecule has 1 aromatic carbocycles. The van der Waals surface area contributed by atoms with Crippen LogP contribution in [0.4, 0.5) is 4.39 Å². The Kier molecular flexibility index (Phi) is 7.69. The molecule has 190 valence electrons. The number of aryl methyl sites for hydroxylation is 1. The summed E-state index contributed by atoms with van der Waals surface area (Å²) >= 11 is 4.00. The number of rotatable bonds is 8. The summed E-state index contributed by atoms with van der Waals surface area (Å²) in [5.74, 6) is -0.669. The first-order valence-electron chi connectivity index (χ1n) is 11.5. The minimum Gasteiger partial charge on any atom is -0.416 e. The van der Waals surface area contributed by atoms with Crippen LogP contribution in [0.3, 0.4) is 0 Å². The van der Waals surface area contributed by atoms with Crippen molar-refractivity contribution in [1.82, 2.24) is 13.7 Å². The second-order valence-corrected chi connectivity index (χ2v) is 15.9. The average molecular weight is 520 g/mol. The van der Waals surface area contributed by atoms with Gasteiger partial charge in [0.1, 0.15) is 5.82 Å². The quantitative estimate of drug-likeness (QED) is 0.355. The molecule has 0 spiro atoms. The number of nitrogens with zero attached hydrogens (tertiary/aromatic N) is 3. The second-order valence-electron chi connectivity index (χ2n) is 10.6. The standard InChI is InChI=1S/C25H34FN3O4SSi/c1-25(2,3)35(6,7)33-15-16(11-20(30)34)13-29-14-19-21(23(31)28(5)24(32)27(19)4)22(29)17-9-8-10-18(26)12-17/h8-10,12,14,16H,11,13,15H2,1-7H3,(H,30,34). The lowest BCUT2D eigenvalue weighted by atomic mass is 10.1. The average Bonchev–Trinajstić information content (AvgIpc) is 3.12. The van der Waals surface area contributed by atoms with E-state index in [1.54, 1.807) is 25.4 Å². The van der Waals surface area contributed by atoms with Crippen molar-refractivity contribution in [3.05, 3.63) is 57.1 Å². The Labute approximate surface area is 211 Å². The number of aromatic nitrogens is 3. The van der Waals surface area contributed by atoms with Gasteiger partial charge < -0.3 is 8.99 Å². The molecule has 0 aliphatic rings. The highest BCUT2D eigenvalue weighted by atomic mass is 32.1. The van der Waals surface area contributed by atoms with Gasteiger partial charge in [-0.3, -0.25) is 18.7 Å². The van der Waals surface area contributed by atoms with Crippen molar-refractivity contribution in [3.8, 4) is 11.3 Å². The summed E-state index contributed by atoms with van der Waals surface area (Å²) in [4.78, 5) is 37.8. The molecule has 1 atom stereocenters. The minimum atomic E-state index is -2.08. The Bertz CT molecular complexity index is 1380. The number of hydrogen-bond acceptors (Lipinski definition) is 4. The van der Waals surface area contributed by atoms with E-state index in [0.717, 1.165) is 4.57 Å². The van der Waals surface area contributed by atoms with Gasteiger partial charge >= 0.3 is 5.69 Å². The Morgan fingerprint density at radius 2 is 1.83 bits per heavy atom. The highest BCUT2D eigenvalue weighted by Gasteiger charge is 2.37. The van der Waals surface area contributed by atoms with Gasteiger partial charge in [0.05, 0.1) is 16.6 Å². The third-order valence-electron chi connectivity index (χ3n) is 7.01. The number of carbonyl (C=O) groups is 1.